The highest BCUT2D eigenvalue weighted by molar-refractivity contribution is 5.73. The van der Waals surface area contributed by atoms with Gasteiger partial charge in [-0.15, -0.1) is 5.06 Å². The first-order valence-electron chi connectivity index (χ1n) is 9.66. The Hall–Kier alpha value is -2.70. The molecule has 2 heterocycles. The fourth-order valence-electron chi connectivity index (χ4n) is 3.71. The van der Waals surface area contributed by atoms with Crippen molar-refractivity contribution in [1.29, 1.82) is 0 Å². The molecule has 0 bridgehead atoms. The van der Waals surface area contributed by atoms with Crippen LogP contribution in [0.1, 0.15) is 24.0 Å². The summed E-state index contributed by atoms with van der Waals surface area (Å²) in [7, 11) is 2.13. The summed E-state index contributed by atoms with van der Waals surface area (Å²) >= 11 is 0. The van der Waals surface area contributed by atoms with Crippen LogP contribution in [-0.4, -0.2) is 52.9 Å². The van der Waals surface area contributed by atoms with E-state index in [0.29, 0.717) is 36.3 Å². The standard InChI is InChI=1S/C22H26N2O4/c1-23-10-7-17(8-11-23)24-12-9-20(28-24)22-19(26)13-18(25)14-21(22)27-15-16-5-3-2-4-6-16/h2-6,9,13-14,17,25-26H,7-8,10-12,15H2,1H3. The van der Waals surface area contributed by atoms with Crippen LogP contribution in [-0.2, 0) is 11.4 Å². The first kappa shape index (κ1) is 18.7. The van der Waals surface area contributed by atoms with Crippen molar-refractivity contribution in [3.63, 3.8) is 0 Å². The molecule has 0 unspecified atom stereocenters. The molecule has 2 aromatic rings. The molecule has 0 aliphatic carbocycles. The van der Waals surface area contributed by atoms with Crippen molar-refractivity contribution in [2.24, 2.45) is 0 Å². The predicted octanol–water partition coefficient (Wildman–Crippen LogP) is 3.36. The van der Waals surface area contributed by atoms with Crippen molar-refractivity contribution < 1.29 is 19.8 Å². The van der Waals surface area contributed by atoms with Gasteiger partial charge in [-0.1, -0.05) is 30.3 Å². The number of phenols is 2. The van der Waals surface area contributed by atoms with Crippen LogP contribution in [0.3, 0.4) is 0 Å². The molecule has 4 rings (SSSR count). The van der Waals surface area contributed by atoms with Crippen LogP contribution in [0, 0.1) is 0 Å². The van der Waals surface area contributed by atoms with E-state index < -0.39 is 0 Å². The maximum absolute atomic E-state index is 10.5. The van der Waals surface area contributed by atoms with Gasteiger partial charge in [0.1, 0.15) is 29.4 Å². The summed E-state index contributed by atoms with van der Waals surface area (Å²) in [5.74, 6) is 0.868. The van der Waals surface area contributed by atoms with E-state index in [9.17, 15) is 10.2 Å². The Morgan fingerprint density at radius 1 is 1.11 bits per heavy atom. The van der Waals surface area contributed by atoms with Gasteiger partial charge in [0.15, 0.2) is 5.76 Å². The highest BCUT2D eigenvalue weighted by Gasteiger charge is 2.30. The second-order valence-corrected chi connectivity index (χ2v) is 7.41. The van der Waals surface area contributed by atoms with E-state index in [-0.39, 0.29) is 11.5 Å². The van der Waals surface area contributed by atoms with Crippen molar-refractivity contribution in [2.45, 2.75) is 25.5 Å². The molecule has 6 nitrogen and oxygen atoms in total. The SMILES string of the molecule is CN1CCC(N2CC=C(c3c(O)cc(O)cc3OCc3ccccc3)O2)CC1. The zero-order chi connectivity index (χ0) is 19.5. The van der Waals surface area contributed by atoms with Crippen LogP contribution < -0.4 is 4.74 Å². The number of nitrogens with zero attached hydrogens (tertiary/aromatic N) is 2. The van der Waals surface area contributed by atoms with Crippen molar-refractivity contribution >= 4 is 5.76 Å². The van der Waals surface area contributed by atoms with E-state index in [1.54, 1.807) is 0 Å². The van der Waals surface area contributed by atoms with Gasteiger partial charge in [-0.3, -0.25) is 0 Å². The first-order valence-corrected chi connectivity index (χ1v) is 9.66. The number of hydroxylamine groups is 2. The highest BCUT2D eigenvalue weighted by atomic mass is 16.7. The minimum Gasteiger partial charge on any atom is -0.508 e. The van der Waals surface area contributed by atoms with E-state index in [2.05, 4.69) is 11.9 Å². The van der Waals surface area contributed by atoms with E-state index in [1.807, 2.05) is 41.5 Å². The monoisotopic (exact) mass is 382 g/mol. The molecule has 0 amide bonds. The van der Waals surface area contributed by atoms with Gasteiger partial charge in [0, 0.05) is 18.2 Å². The molecule has 2 aromatic carbocycles. The molecule has 6 heteroatoms. The van der Waals surface area contributed by atoms with Crippen molar-refractivity contribution in [1.82, 2.24) is 9.96 Å². The summed E-state index contributed by atoms with van der Waals surface area (Å²) in [5.41, 5.74) is 1.48. The fraction of sp³-hybridized carbons (Fsp3) is 0.364. The van der Waals surface area contributed by atoms with Crippen molar-refractivity contribution in [2.75, 3.05) is 26.7 Å². The number of hydrogen-bond donors (Lipinski definition) is 2. The van der Waals surface area contributed by atoms with Gasteiger partial charge in [0.05, 0.1) is 6.54 Å². The quantitative estimate of drug-likeness (QED) is 0.827. The zero-order valence-corrected chi connectivity index (χ0v) is 16.0. The number of likely N-dealkylation sites (tertiary alicyclic amines) is 1. The molecule has 0 spiro atoms. The minimum absolute atomic E-state index is 0.0462. The second kappa shape index (κ2) is 8.12. The molecule has 2 N–H and O–H groups in total. The van der Waals surface area contributed by atoms with Gasteiger partial charge in [-0.05, 0) is 44.6 Å². The van der Waals surface area contributed by atoms with Gasteiger partial charge in [-0.2, -0.15) is 0 Å². The molecule has 0 aromatic heterocycles. The molecule has 0 saturated carbocycles. The van der Waals surface area contributed by atoms with Gasteiger partial charge >= 0.3 is 0 Å². The zero-order valence-electron chi connectivity index (χ0n) is 16.0. The number of hydrogen-bond acceptors (Lipinski definition) is 6. The van der Waals surface area contributed by atoms with E-state index >= 15 is 0 Å². The largest absolute Gasteiger partial charge is 0.508 e. The lowest BCUT2D eigenvalue weighted by molar-refractivity contribution is -0.111. The lowest BCUT2D eigenvalue weighted by Gasteiger charge is -2.34. The predicted molar refractivity (Wildman–Crippen MR) is 107 cm³/mol. The van der Waals surface area contributed by atoms with Crippen LogP contribution in [0.25, 0.3) is 5.76 Å². The minimum atomic E-state index is -0.0560. The molecule has 1 saturated heterocycles. The summed E-state index contributed by atoms with van der Waals surface area (Å²) in [6.45, 7) is 3.11. The van der Waals surface area contributed by atoms with E-state index in [4.69, 9.17) is 9.57 Å². The summed E-state index contributed by atoms with van der Waals surface area (Å²) in [6.07, 6.45) is 4.06. The Labute approximate surface area is 165 Å². The Bertz CT molecular complexity index is 845. The maximum Gasteiger partial charge on any atom is 0.159 e. The van der Waals surface area contributed by atoms with Crippen LogP contribution in [0.5, 0.6) is 17.2 Å². The van der Waals surface area contributed by atoms with Crippen molar-refractivity contribution in [3.8, 4) is 17.2 Å². The molecule has 1 fully saturated rings. The molecule has 0 atom stereocenters. The average Bonchev–Trinajstić information content (AvgIpc) is 3.17. The highest BCUT2D eigenvalue weighted by Crippen LogP contribution is 2.41. The number of ether oxygens (including phenoxy) is 1. The molecule has 28 heavy (non-hydrogen) atoms. The van der Waals surface area contributed by atoms with Gasteiger partial charge in [0.25, 0.3) is 0 Å². The molecule has 148 valence electrons. The number of aromatic hydroxyl groups is 2. The number of benzene rings is 2. The molecule has 2 aliphatic heterocycles. The van der Waals surface area contributed by atoms with Crippen molar-refractivity contribution in [3.05, 3.63) is 59.7 Å². The first-order chi connectivity index (χ1) is 13.6. The summed E-state index contributed by atoms with van der Waals surface area (Å²) in [5, 5.41) is 22.4. The fourth-order valence-corrected chi connectivity index (χ4v) is 3.71. The van der Waals surface area contributed by atoms with Gasteiger partial charge < -0.3 is 24.7 Å². The number of piperidine rings is 1. The van der Waals surface area contributed by atoms with E-state index in [0.717, 1.165) is 31.5 Å². The average molecular weight is 382 g/mol. The molecule has 0 radical (unpaired) electrons. The molecular formula is C22H26N2O4. The lowest BCUT2D eigenvalue weighted by Crippen LogP contribution is -2.42. The summed E-state index contributed by atoms with van der Waals surface area (Å²) < 4.78 is 5.93. The maximum atomic E-state index is 10.5. The third-order valence-electron chi connectivity index (χ3n) is 5.32. The number of rotatable bonds is 5. The number of phenolic OH excluding ortho intramolecular Hbond substituents is 2. The molecular weight excluding hydrogens is 356 g/mol. The van der Waals surface area contributed by atoms with Crippen LogP contribution in [0.15, 0.2) is 48.5 Å². The Kier molecular flexibility index (Phi) is 5.41. The summed E-state index contributed by atoms with van der Waals surface area (Å²) in [6, 6.07) is 13.0. The third-order valence-corrected chi connectivity index (χ3v) is 5.32. The lowest BCUT2D eigenvalue weighted by atomic mass is 10.1. The third kappa shape index (κ3) is 4.08. The van der Waals surface area contributed by atoms with Gasteiger partial charge in [0.2, 0.25) is 0 Å². The van der Waals surface area contributed by atoms with Crippen LogP contribution in [0.4, 0.5) is 0 Å². The van der Waals surface area contributed by atoms with Crippen LogP contribution >= 0.6 is 0 Å². The normalized spacial score (nSPS) is 18.7. The Morgan fingerprint density at radius 2 is 1.86 bits per heavy atom. The Balaban J connectivity index is 1.51. The topological polar surface area (TPSA) is 65.4 Å². The second-order valence-electron chi connectivity index (χ2n) is 7.41. The van der Waals surface area contributed by atoms with Gasteiger partial charge in [-0.25, -0.2) is 0 Å². The molecule has 2 aliphatic rings. The Morgan fingerprint density at radius 3 is 2.61 bits per heavy atom. The smallest absolute Gasteiger partial charge is 0.159 e. The summed E-state index contributed by atoms with van der Waals surface area (Å²) in [4.78, 5) is 8.41. The van der Waals surface area contributed by atoms with Crippen LogP contribution in [0.2, 0.25) is 0 Å². The van der Waals surface area contributed by atoms with E-state index in [1.165, 1.54) is 12.1 Å².